The Morgan fingerprint density at radius 2 is 2.00 bits per heavy atom. The Morgan fingerprint density at radius 3 is 2.62 bits per heavy atom. The fraction of sp³-hybridized carbons (Fsp3) is 0.429. The van der Waals surface area contributed by atoms with Gasteiger partial charge in [-0.15, -0.1) is 0 Å². The van der Waals surface area contributed by atoms with E-state index in [0.717, 1.165) is 12.8 Å². The third kappa shape index (κ3) is 4.67. The molecule has 1 amide bonds. The molecule has 8 nitrogen and oxygen atoms in total. The second kappa shape index (κ2) is 7.93. The largest absolute Gasteiger partial charge is 0.380 e. The lowest BCUT2D eigenvalue weighted by atomic mass is 9.92. The fourth-order valence-corrected chi connectivity index (χ4v) is 3.68. The zero-order valence-corrected chi connectivity index (χ0v) is 15.9. The van der Waals surface area contributed by atoms with Crippen LogP contribution in [0.4, 0.5) is 0 Å². The first-order valence-corrected chi connectivity index (χ1v) is 8.82. The van der Waals surface area contributed by atoms with E-state index in [1.165, 1.54) is 0 Å². The molecule has 0 bridgehead atoms. The van der Waals surface area contributed by atoms with Crippen LogP contribution in [0.15, 0.2) is 31.3 Å². The van der Waals surface area contributed by atoms with E-state index in [4.69, 9.17) is 16.3 Å². The fourth-order valence-electron chi connectivity index (χ4n) is 2.21. The van der Waals surface area contributed by atoms with Crippen molar-refractivity contribution in [3.63, 3.8) is 0 Å². The number of nitrogens with one attached hydrogen (secondary N) is 1. The molecule has 130 valence electrons. The molecule has 1 aliphatic carbocycles. The number of oxime groups is 1. The maximum Gasteiger partial charge on any atom is 0.269 e. The molecule has 0 unspecified atom stereocenters. The highest BCUT2D eigenvalue weighted by molar-refractivity contribution is 9.13. The van der Waals surface area contributed by atoms with E-state index < -0.39 is 5.60 Å². The Hall–Kier alpha value is -1.68. The molecule has 0 aromatic carbocycles. The van der Waals surface area contributed by atoms with E-state index in [9.17, 15) is 9.59 Å². The van der Waals surface area contributed by atoms with Crippen LogP contribution in [0.3, 0.4) is 0 Å². The van der Waals surface area contributed by atoms with Gasteiger partial charge in [-0.3, -0.25) is 14.6 Å². The first-order valence-electron chi connectivity index (χ1n) is 7.23. The third-order valence-corrected chi connectivity index (χ3v) is 4.55. The number of nitrogens with zero attached hydrogens (tertiary/aromatic N) is 2. The number of halogens is 2. The number of unbranched alkanes of at least 4 members (excludes halogenated alkanes) is 1. The van der Waals surface area contributed by atoms with Gasteiger partial charge in [0.15, 0.2) is 11.6 Å². The molecule has 1 aliphatic heterocycles. The summed E-state index contributed by atoms with van der Waals surface area (Å²) >= 11 is 6.39. The van der Waals surface area contributed by atoms with Crippen LogP contribution < -0.4 is 16.8 Å². The number of guanidine groups is 1. The van der Waals surface area contributed by atoms with Crippen molar-refractivity contribution in [1.82, 2.24) is 5.32 Å². The van der Waals surface area contributed by atoms with E-state index >= 15 is 0 Å². The molecule has 1 heterocycles. The summed E-state index contributed by atoms with van der Waals surface area (Å²) in [4.78, 5) is 33.1. The summed E-state index contributed by atoms with van der Waals surface area (Å²) in [5.74, 6) is -0.409. The first kappa shape index (κ1) is 18.7. The highest BCUT2D eigenvalue weighted by Crippen LogP contribution is 2.37. The molecule has 0 aromatic heterocycles. The Morgan fingerprint density at radius 1 is 1.33 bits per heavy atom. The average Bonchev–Trinajstić information content (AvgIpc) is 2.91. The van der Waals surface area contributed by atoms with Gasteiger partial charge in [0.05, 0.1) is 8.96 Å². The number of rotatable bonds is 6. The lowest BCUT2D eigenvalue weighted by Crippen LogP contribution is -2.35. The first-order chi connectivity index (χ1) is 11.3. The Labute approximate surface area is 155 Å². The highest BCUT2D eigenvalue weighted by atomic mass is 79.9. The minimum Gasteiger partial charge on any atom is -0.380 e. The molecule has 2 rings (SSSR count). The van der Waals surface area contributed by atoms with Crippen LogP contribution >= 0.6 is 31.9 Å². The Balaban J connectivity index is 1.82. The van der Waals surface area contributed by atoms with Gasteiger partial charge in [-0.05, 0) is 56.9 Å². The predicted octanol–water partition coefficient (Wildman–Crippen LogP) is 0.812. The lowest BCUT2D eigenvalue weighted by Gasteiger charge is -2.23. The number of carbonyl (C=O) groups excluding carboxylic acids is 2. The van der Waals surface area contributed by atoms with Crippen LogP contribution in [0.2, 0.25) is 0 Å². The molecule has 24 heavy (non-hydrogen) atoms. The van der Waals surface area contributed by atoms with Gasteiger partial charge in [0.25, 0.3) is 5.91 Å². The molecule has 2 aliphatic rings. The summed E-state index contributed by atoms with van der Waals surface area (Å²) in [6.45, 7) is 1.01. The SMILES string of the molecule is NC(N)=NCCCCNC(=O)C1=NOC2(C=C(Br)C(=O)C(Br)=C2)C1. The van der Waals surface area contributed by atoms with Gasteiger partial charge in [-0.25, -0.2) is 0 Å². The standard InChI is InChI=1S/C14H17Br2N5O3/c15-8-5-14(6-9(16)11(8)22)7-10(21-24-14)12(23)19-3-1-2-4-20-13(17)18/h5-6H,1-4,7H2,(H,19,23)(H4,17,18,20). The normalized spacial score (nSPS) is 18.4. The molecule has 0 aromatic rings. The van der Waals surface area contributed by atoms with Crippen molar-refractivity contribution >= 4 is 55.2 Å². The molecule has 10 heteroatoms. The second-order valence-electron chi connectivity index (χ2n) is 5.34. The second-order valence-corrected chi connectivity index (χ2v) is 7.05. The van der Waals surface area contributed by atoms with E-state index in [1.807, 2.05) is 0 Å². The molecule has 0 fully saturated rings. The van der Waals surface area contributed by atoms with Crippen molar-refractivity contribution < 1.29 is 14.4 Å². The Bertz CT molecular complexity index is 643. The molecular formula is C14H17Br2N5O3. The van der Waals surface area contributed by atoms with Gasteiger partial charge < -0.3 is 21.6 Å². The number of aliphatic imine (C=N–C) groups is 1. The van der Waals surface area contributed by atoms with Crippen molar-refractivity contribution in [2.45, 2.75) is 24.9 Å². The zero-order chi connectivity index (χ0) is 17.7. The highest BCUT2D eigenvalue weighted by Gasteiger charge is 2.41. The maximum atomic E-state index is 12.1. The van der Waals surface area contributed by atoms with Crippen LogP contribution in [-0.4, -0.2) is 42.1 Å². The van der Waals surface area contributed by atoms with Crippen LogP contribution in [0.25, 0.3) is 0 Å². The number of ketones is 1. The van der Waals surface area contributed by atoms with Gasteiger partial charge in [0.1, 0.15) is 5.71 Å². The lowest BCUT2D eigenvalue weighted by molar-refractivity contribution is -0.115. The molecule has 5 N–H and O–H groups in total. The van der Waals surface area contributed by atoms with E-state index in [2.05, 4.69) is 47.3 Å². The van der Waals surface area contributed by atoms with Gasteiger partial charge in [-0.2, -0.15) is 0 Å². The van der Waals surface area contributed by atoms with Crippen molar-refractivity contribution in [3.8, 4) is 0 Å². The number of Topliss-reactive ketones (excluding diaryl/α,β-unsaturated/α-hetero) is 1. The number of hydrogen-bond acceptors (Lipinski definition) is 5. The summed E-state index contributed by atoms with van der Waals surface area (Å²) in [5, 5.41) is 6.63. The molecular weight excluding hydrogens is 446 g/mol. The monoisotopic (exact) mass is 461 g/mol. The number of amides is 1. The number of carbonyl (C=O) groups is 2. The summed E-state index contributed by atoms with van der Waals surface area (Å²) in [6, 6.07) is 0. The number of hydrogen-bond donors (Lipinski definition) is 3. The van der Waals surface area contributed by atoms with Gasteiger partial charge in [-0.1, -0.05) is 5.16 Å². The van der Waals surface area contributed by atoms with Gasteiger partial charge in [0.2, 0.25) is 5.78 Å². The summed E-state index contributed by atoms with van der Waals surface area (Å²) in [7, 11) is 0. The molecule has 1 spiro atoms. The summed E-state index contributed by atoms with van der Waals surface area (Å²) in [5.41, 5.74) is 9.82. The van der Waals surface area contributed by atoms with Crippen molar-refractivity contribution in [1.29, 1.82) is 0 Å². The molecule has 0 radical (unpaired) electrons. The minimum atomic E-state index is -0.911. The van der Waals surface area contributed by atoms with Crippen molar-refractivity contribution in [2.75, 3.05) is 13.1 Å². The quantitative estimate of drug-likeness (QED) is 0.305. The van der Waals surface area contributed by atoms with Crippen LogP contribution in [0.5, 0.6) is 0 Å². The van der Waals surface area contributed by atoms with Crippen molar-refractivity contribution in [2.24, 2.45) is 21.6 Å². The maximum absolute atomic E-state index is 12.1. The molecule has 0 saturated heterocycles. The third-order valence-electron chi connectivity index (χ3n) is 3.37. The molecule has 0 atom stereocenters. The predicted molar refractivity (Wildman–Crippen MR) is 97.8 cm³/mol. The van der Waals surface area contributed by atoms with Crippen LogP contribution in [-0.2, 0) is 14.4 Å². The van der Waals surface area contributed by atoms with Gasteiger partial charge >= 0.3 is 0 Å². The summed E-state index contributed by atoms with van der Waals surface area (Å²) < 4.78 is 0.738. The van der Waals surface area contributed by atoms with Crippen LogP contribution in [0.1, 0.15) is 19.3 Å². The van der Waals surface area contributed by atoms with E-state index in [1.54, 1.807) is 12.2 Å². The zero-order valence-electron chi connectivity index (χ0n) is 12.7. The topological polar surface area (TPSA) is 132 Å². The van der Waals surface area contributed by atoms with E-state index in [-0.39, 0.29) is 29.8 Å². The minimum absolute atomic E-state index is 0.0613. The van der Waals surface area contributed by atoms with E-state index in [0.29, 0.717) is 22.1 Å². The Kier molecular flexibility index (Phi) is 6.16. The van der Waals surface area contributed by atoms with Crippen LogP contribution in [0, 0.1) is 0 Å². The smallest absolute Gasteiger partial charge is 0.269 e. The number of allylic oxidation sites excluding steroid dienone is 2. The average molecular weight is 463 g/mol. The van der Waals surface area contributed by atoms with Crippen molar-refractivity contribution in [3.05, 3.63) is 21.1 Å². The summed E-state index contributed by atoms with van der Waals surface area (Å²) in [6.07, 6.45) is 4.98. The number of nitrogens with two attached hydrogens (primary N) is 2. The molecule has 0 saturated carbocycles. The van der Waals surface area contributed by atoms with Gasteiger partial charge in [0, 0.05) is 19.5 Å².